The maximum Gasteiger partial charge on any atom is 0.288 e. The van der Waals surface area contributed by atoms with E-state index >= 15 is 0 Å². The number of hydrogen-bond donors (Lipinski definition) is 1. The molecule has 0 bridgehead atoms. The zero-order chi connectivity index (χ0) is 13.1. The van der Waals surface area contributed by atoms with E-state index in [0.717, 1.165) is 18.9 Å². The van der Waals surface area contributed by atoms with Gasteiger partial charge >= 0.3 is 0 Å². The number of ether oxygens (including phenoxy) is 1. The van der Waals surface area contributed by atoms with Crippen molar-refractivity contribution in [3.63, 3.8) is 0 Å². The molecule has 2 aliphatic carbocycles. The van der Waals surface area contributed by atoms with Crippen LogP contribution in [0.2, 0.25) is 0 Å². The average Bonchev–Trinajstić information content (AvgIpc) is 2.32. The summed E-state index contributed by atoms with van der Waals surface area (Å²) in [6, 6.07) is 0. The Balaban J connectivity index is 2.15. The highest BCUT2D eigenvalue weighted by Gasteiger charge is 2.30. The van der Waals surface area contributed by atoms with E-state index in [9.17, 15) is 19.6 Å². The summed E-state index contributed by atoms with van der Waals surface area (Å²) in [4.78, 5) is 10.3. The van der Waals surface area contributed by atoms with Gasteiger partial charge in [0.1, 0.15) is 11.9 Å². The first kappa shape index (κ1) is 13.0. The summed E-state index contributed by atoms with van der Waals surface area (Å²) in [5, 5.41) is 20.6. The van der Waals surface area contributed by atoms with Crippen molar-refractivity contribution in [2.45, 2.75) is 50.7 Å². The Labute approximate surface area is 104 Å². The highest BCUT2D eigenvalue weighted by molar-refractivity contribution is 5.23. The van der Waals surface area contributed by atoms with Gasteiger partial charge in [-0.25, -0.2) is 4.39 Å². The second-order valence-corrected chi connectivity index (χ2v) is 4.67. The third kappa shape index (κ3) is 2.87. The van der Waals surface area contributed by atoms with E-state index in [1.165, 1.54) is 0 Å². The lowest BCUT2D eigenvalue weighted by atomic mass is 9.94. The zero-order valence-electron chi connectivity index (χ0n) is 9.97. The van der Waals surface area contributed by atoms with Crippen LogP contribution in [0.5, 0.6) is 0 Å². The Morgan fingerprint density at radius 1 is 1.39 bits per heavy atom. The standard InChI is InChI=1S/C12H16FNO4/c13-8-5-6-9(14(16)17)12(7-8)18-11-4-2-1-3-10(11)15/h7,10-11,15H,1-6H2/t10-,11?/m0/s1. The number of halogens is 1. The van der Waals surface area contributed by atoms with Crippen LogP contribution >= 0.6 is 0 Å². The Morgan fingerprint density at radius 3 is 2.78 bits per heavy atom. The first-order valence-electron chi connectivity index (χ1n) is 6.16. The van der Waals surface area contributed by atoms with Crippen molar-refractivity contribution in [1.29, 1.82) is 0 Å². The van der Waals surface area contributed by atoms with E-state index in [2.05, 4.69) is 0 Å². The number of nitro groups is 1. The minimum absolute atomic E-state index is 0.0327. The van der Waals surface area contributed by atoms with Crippen LogP contribution in [-0.4, -0.2) is 22.2 Å². The molecule has 2 atom stereocenters. The summed E-state index contributed by atoms with van der Waals surface area (Å²) < 4.78 is 18.6. The molecular weight excluding hydrogens is 241 g/mol. The highest BCUT2D eigenvalue weighted by atomic mass is 19.1. The van der Waals surface area contributed by atoms with Gasteiger partial charge in [-0.3, -0.25) is 10.1 Å². The molecule has 0 aromatic carbocycles. The molecule has 2 aliphatic rings. The number of hydrogen-bond acceptors (Lipinski definition) is 4. The van der Waals surface area contributed by atoms with Crippen LogP contribution in [-0.2, 0) is 4.74 Å². The monoisotopic (exact) mass is 257 g/mol. The van der Waals surface area contributed by atoms with E-state index < -0.39 is 23.0 Å². The molecule has 18 heavy (non-hydrogen) atoms. The molecule has 0 aromatic rings. The predicted octanol–water partition coefficient (Wildman–Crippen LogP) is 2.44. The smallest absolute Gasteiger partial charge is 0.288 e. The molecule has 0 aliphatic heterocycles. The summed E-state index contributed by atoms with van der Waals surface area (Å²) in [7, 11) is 0. The molecule has 2 rings (SSSR count). The fraction of sp³-hybridized carbons (Fsp3) is 0.667. The molecule has 0 radical (unpaired) electrons. The van der Waals surface area contributed by atoms with E-state index in [-0.39, 0.29) is 24.3 Å². The highest BCUT2D eigenvalue weighted by Crippen LogP contribution is 2.30. The van der Waals surface area contributed by atoms with Gasteiger partial charge in [0.05, 0.1) is 11.0 Å². The number of aliphatic hydroxyl groups excluding tert-OH is 1. The van der Waals surface area contributed by atoms with Gasteiger partial charge in [0, 0.05) is 18.9 Å². The molecule has 0 saturated heterocycles. The molecule has 0 spiro atoms. The van der Waals surface area contributed by atoms with Gasteiger partial charge in [0.25, 0.3) is 5.70 Å². The van der Waals surface area contributed by atoms with Crippen LogP contribution in [0.4, 0.5) is 4.39 Å². The Morgan fingerprint density at radius 2 is 2.11 bits per heavy atom. The van der Waals surface area contributed by atoms with Gasteiger partial charge in [-0.15, -0.1) is 0 Å². The summed E-state index contributed by atoms with van der Waals surface area (Å²) in [5.74, 6) is -0.449. The van der Waals surface area contributed by atoms with Gasteiger partial charge in [0.15, 0.2) is 5.76 Å². The summed E-state index contributed by atoms with van der Waals surface area (Å²) in [5.41, 5.74) is -0.103. The van der Waals surface area contributed by atoms with E-state index in [0.29, 0.717) is 12.8 Å². The zero-order valence-corrected chi connectivity index (χ0v) is 9.97. The molecule has 1 unspecified atom stereocenters. The van der Waals surface area contributed by atoms with Crippen LogP contribution in [0, 0.1) is 10.1 Å². The molecule has 1 fully saturated rings. The number of nitrogens with zero attached hydrogens (tertiary/aromatic N) is 1. The van der Waals surface area contributed by atoms with Crippen LogP contribution in [0.15, 0.2) is 23.4 Å². The van der Waals surface area contributed by atoms with E-state index in [1.807, 2.05) is 0 Å². The van der Waals surface area contributed by atoms with Crippen molar-refractivity contribution in [1.82, 2.24) is 0 Å². The molecule has 5 nitrogen and oxygen atoms in total. The molecule has 1 N–H and O–H groups in total. The van der Waals surface area contributed by atoms with Crippen molar-refractivity contribution in [3.8, 4) is 0 Å². The second kappa shape index (κ2) is 5.48. The molecule has 100 valence electrons. The van der Waals surface area contributed by atoms with Crippen molar-refractivity contribution >= 4 is 0 Å². The third-order valence-corrected chi connectivity index (χ3v) is 3.34. The van der Waals surface area contributed by atoms with Crippen molar-refractivity contribution in [2.24, 2.45) is 0 Å². The molecular formula is C12H16FNO4. The summed E-state index contributed by atoms with van der Waals surface area (Å²) in [6.45, 7) is 0. The minimum atomic E-state index is -0.627. The molecule has 1 saturated carbocycles. The normalized spacial score (nSPS) is 28.9. The van der Waals surface area contributed by atoms with Gasteiger partial charge in [-0.2, -0.15) is 0 Å². The predicted molar refractivity (Wildman–Crippen MR) is 61.8 cm³/mol. The first-order valence-corrected chi connectivity index (χ1v) is 6.16. The first-order chi connectivity index (χ1) is 8.58. The summed E-state index contributed by atoms with van der Waals surface area (Å²) >= 11 is 0. The van der Waals surface area contributed by atoms with Gasteiger partial charge in [-0.05, 0) is 19.3 Å². The number of aliphatic hydroxyl groups is 1. The lowest BCUT2D eigenvalue weighted by molar-refractivity contribution is -0.431. The molecule has 0 amide bonds. The van der Waals surface area contributed by atoms with Crippen molar-refractivity contribution < 1.29 is 19.2 Å². The SMILES string of the molecule is O=[N+]([O-])C1=C(OC2CCCC[C@@H]2O)C=C(F)CC1. The van der Waals surface area contributed by atoms with Gasteiger partial charge < -0.3 is 9.84 Å². The third-order valence-electron chi connectivity index (χ3n) is 3.34. The fourth-order valence-corrected chi connectivity index (χ4v) is 2.32. The maximum atomic E-state index is 13.2. The fourth-order valence-electron chi connectivity index (χ4n) is 2.32. The Bertz CT molecular complexity index is 405. The van der Waals surface area contributed by atoms with E-state index in [4.69, 9.17) is 4.74 Å². The molecule has 6 heteroatoms. The van der Waals surface area contributed by atoms with Crippen LogP contribution in [0.1, 0.15) is 38.5 Å². The van der Waals surface area contributed by atoms with Crippen LogP contribution in [0.25, 0.3) is 0 Å². The minimum Gasteiger partial charge on any atom is -0.481 e. The topological polar surface area (TPSA) is 72.6 Å². The van der Waals surface area contributed by atoms with Crippen molar-refractivity contribution in [2.75, 3.05) is 0 Å². The van der Waals surface area contributed by atoms with Gasteiger partial charge in [-0.1, -0.05) is 6.42 Å². The molecule has 0 heterocycles. The van der Waals surface area contributed by atoms with Crippen LogP contribution < -0.4 is 0 Å². The maximum absolute atomic E-state index is 13.2. The number of allylic oxidation sites excluding steroid dienone is 3. The van der Waals surface area contributed by atoms with Crippen LogP contribution in [0.3, 0.4) is 0 Å². The van der Waals surface area contributed by atoms with E-state index in [1.54, 1.807) is 0 Å². The van der Waals surface area contributed by atoms with Crippen molar-refractivity contribution in [3.05, 3.63) is 33.5 Å². The average molecular weight is 257 g/mol. The lowest BCUT2D eigenvalue weighted by Crippen LogP contribution is -2.32. The Hall–Kier alpha value is -1.43. The summed E-state index contributed by atoms with van der Waals surface area (Å²) in [6.07, 6.45) is 3.15. The lowest BCUT2D eigenvalue weighted by Gasteiger charge is -2.28. The quantitative estimate of drug-likeness (QED) is 0.622. The Kier molecular flexibility index (Phi) is 3.96. The van der Waals surface area contributed by atoms with Gasteiger partial charge in [0.2, 0.25) is 0 Å². The number of rotatable bonds is 3. The molecule has 0 aromatic heterocycles. The second-order valence-electron chi connectivity index (χ2n) is 4.67. The largest absolute Gasteiger partial charge is 0.481 e.